The summed E-state index contributed by atoms with van der Waals surface area (Å²) in [7, 11) is 0. The van der Waals surface area contributed by atoms with Crippen molar-refractivity contribution in [2.45, 2.75) is 90.6 Å². The van der Waals surface area contributed by atoms with Crippen LogP contribution < -0.4 is 4.74 Å². The van der Waals surface area contributed by atoms with Gasteiger partial charge in [-0.25, -0.2) is 4.39 Å². The Morgan fingerprint density at radius 1 is 0.828 bits per heavy atom. The fraction of sp³-hybridized carbons (Fsp3) is 0.577. The van der Waals surface area contributed by atoms with Crippen LogP contribution >= 0.6 is 0 Å². The third-order valence-corrected chi connectivity index (χ3v) is 5.35. The Morgan fingerprint density at radius 2 is 1.52 bits per heavy atom. The topological polar surface area (TPSA) is 22.1 Å². The largest absolute Gasteiger partial charge is 0.491 e. The fourth-order valence-electron chi connectivity index (χ4n) is 3.46. The van der Waals surface area contributed by atoms with Crippen molar-refractivity contribution < 1.29 is 9.13 Å². The second-order valence-corrected chi connectivity index (χ2v) is 8.00. The maximum Gasteiger partial charge on any atom is 0.134 e. The summed E-state index contributed by atoms with van der Waals surface area (Å²) < 4.78 is 19.4. The molecule has 1 unspecified atom stereocenters. The minimum absolute atomic E-state index is 0.133. The molecule has 0 fully saturated rings. The first-order chi connectivity index (χ1) is 14.2. The number of halogens is 1. The van der Waals surface area contributed by atoms with E-state index in [1.807, 2.05) is 30.5 Å². The van der Waals surface area contributed by atoms with E-state index in [-0.39, 0.29) is 6.61 Å². The van der Waals surface area contributed by atoms with Crippen molar-refractivity contribution in [3.8, 4) is 17.0 Å². The SMILES string of the molecule is CCCCCCCCc1ccc(-c2ccc(OCC(F)CCCCC)cc2)nc1. The number of hydrogen-bond acceptors (Lipinski definition) is 2. The molecule has 1 atom stereocenters. The van der Waals surface area contributed by atoms with Crippen LogP contribution in [0.4, 0.5) is 4.39 Å². The van der Waals surface area contributed by atoms with Crippen molar-refractivity contribution in [2.24, 2.45) is 0 Å². The van der Waals surface area contributed by atoms with Gasteiger partial charge in [-0.2, -0.15) is 0 Å². The minimum atomic E-state index is -0.887. The van der Waals surface area contributed by atoms with Crippen LogP contribution in [-0.4, -0.2) is 17.8 Å². The lowest BCUT2D eigenvalue weighted by Crippen LogP contribution is -2.12. The number of aromatic nitrogens is 1. The molecule has 1 aromatic heterocycles. The van der Waals surface area contributed by atoms with Crippen molar-refractivity contribution in [1.82, 2.24) is 4.98 Å². The van der Waals surface area contributed by atoms with Gasteiger partial charge in [0.25, 0.3) is 0 Å². The van der Waals surface area contributed by atoms with Gasteiger partial charge >= 0.3 is 0 Å². The highest BCUT2D eigenvalue weighted by molar-refractivity contribution is 5.60. The van der Waals surface area contributed by atoms with Crippen molar-refractivity contribution in [1.29, 1.82) is 0 Å². The maximum absolute atomic E-state index is 13.8. The lowest BCUT2D eigenvalue weighted by atomic mass is 10.1. The molecule has 2 aromatic rings. The van der Waals surface area contributed by atoms with Crippen LogP contribution in [0.5, 0.6) is 5.75 Å². The van der Waals surface area contributed by atoms with Crippen LogP contribution in [0.2, 0.25) is 0 Å². The smallest absolute Gasteiger partial charge is 0.134 e. The standard InChI is InChI=1S/C26H38FNO/c1-3-5-7-8-9-11-12-22-14-19-26(28-20-22)23-15-17-25(18-16-23)29-21-24(27)13-10-6-4-2/h14-20,24H,3-13,21H2,1-2H3. The van der Waals surface area contributed by atoms with Gasteiger partial charge in [0.05, 0.1) is 5.69 Å². The van der Waals surface area contributed by atoms with E-state index in [1.165, 1.54) is 44.1 Å². The number of aryl methyl sites for hydroxylation is 1. The number of rotatable bonds is 15. The molecule has 29 heavy (non-hydrogen) atoms. The van der Waals surface area contributed by atoms with Crippen molar-refractivity contribution in [3.63, 3.8) is 0 Å². The zero-order valence-electron chi connectivity index (χ0n) is 18.3. The van der Waals surface area contributed by atoms with Gasteiger partial charge < -0.3 is 4.74 Å². The zero-order valence-corrected chi connectivity index (χ0v) is 18.3. The lowest BCUT2D eigenvalue weighted by Gasteiger charge is -2.11. The second-order valence-electron chi connectivity index (χ2n) is 8.00. The Bertz CT molecular complexity index is 653. The van der Waals surface area contributed by atoms with Crippen LogP contribution in [0.15, 0.2) is 42.6 Å². The molecular formula is C26H38FNO. The molecule has 1 aromatic carbocycles. The van der Waals surface area contributed by atoms with Crippen molar-refractivity contribution in [2.75, 3.05) is 6.61 Å². The molecule has 0 aliphatic rings. The molecule has 0 N–H and O–H groups in total. The molecule has 0 saturated carbocycles. The molecule has 1 heterocycles. The molecule has 160 valence electrons. The average molecular weight is 400 g/mol. The van der Waals surface area contributed by atoms with Crippen LogP contribution in [-0.2, 0) is 6.42 Å². The third kappa shape index (κ3) is 9.43. The summed E-state index contributed by atoms with van der Waals surface area (Å²) in [6.07, 6.45) is 13.8. The van der Waals surface area contributed by atoms with Gasteiger partial charge in [0, 0.05) is 11.8 Å². The molecule has 0 aliphatic heterocycles. The summed E-state index contributed by atoms with van der Waals surface area (Å²) in [5.74, 6) is 0.714. The Labute approximate surface area is 176 Å². The Kier molecular flexibility index (Phi) is 11.4. The summed E-state index contributed by atoms with van der Waals surface area (Å²) in [6, 6.07) is 12.1. The predicted molar refractivity (Wildman–Crippen MR) is 121 cm³/mol. The van der Waals surface area contributed by atoms with E-state index in [9.17, 15) is 4.39 Å². The number of nitrogens with zero attached hydrogens (tertiary/aromatic N) is 1. The van der Waals surface area contributed by atoms with Gasteiger partial charge in [-0.05, 0) is 55.2 Å². The van der Waals surface area contributed by atoms with E-state index >= 15 is 0 Å². The number of alkyl halides is 1. The summed E-state index contributed by atoms with van der Waals surface area (Å²) in [5, 5.41) is 0. The van der Waals surface area contributed by atoms with Gasteiger partial charge in [0.15, 0.2) is 0 Å². The first-order valence-electron chi connectivity index (χ1n) is 11.5. The highest BCUT2D eigenvalue weighted by atomic mass is 19.1. The molecular weight excluding hydrogens is 361 g/mol. The van der Waals surface area contributed by atoms with Gasteiger partial charge in [-0.3, -0.25) is 4.98 Å². The highest BCUT2D eigenvalue weighted by Crippen LogP contribution is 2.22. The Hall–Kier alpha value is -1.90. The lowest BCUT2D eigenvalue weighted by molar-refractivity contribution is 0.184. The number of pyridine rings is 1. The number of unbranched alkanes of at least 4 members (excludes halogenated alkanes) is 7. The summed E-state index contributed by atoms with van der Waals surface area (Å²) in [4.78, 5) is 4.62. The van der Waals surface area contributed by atoms with Gasteiger partial charge in [0.1, 0.15) is 18.5 Å². The molecule has 0 bridgehead atoms. The molecule has 0 aliphatic carbocycles. The van der Waals surface area contributed by atoms with Crippen molar-refractivity contribution in [3.05, 3.63) is 48.2 Å². The second kappa shape index (κ2) is 14.1. The summed E-state index contributed by atoms with van der Waals surface area (Å²) >= 11 is 0. The summed E-state index contributed by atoms with van der Waals surface area (Å²) in [6.45, 7) is 4.51. The van der Waals surface area contributed by atoms with Gasteiger partial charge in [-0.15, -0.1) is 0 Å². The monoisotopic (exact) mass is 399 g/mol. The average Bonchev–Trinajstić information content (AvgIpc) is 2.76. The van der Waals surface area contributed by atoms with Gasteiger partial charge in [-0.1, -0.05) is 71.3 Å². The molecule has 2 nitrogen and oxygen atoms in total. The molecule has 0 radical (unpaired) electrons. The first-order valence-corrected chi connectivity index (χ1v) is 11.5. The molecule has 3 heteroatoms. The van der Waals surface area contributed by atoms with E-state index in [2.05, 4.69) is 31.0 Å². The van der Waals surface area contributed by atoms with E-state index in [0.717, 1.165) is 36.9 Å². The molecule has 0 saturated heterocycles. The molecule has 0 amide bonds. The van der Waals surface area contributed by atoms with Crippen LogP contribution in [0.25, 0.3) is 11.3 Å². The first kappa shape index (κ1) is 23.4. The molecule has 2 rings (SSSR count). The van der Waals surface area contributed by atoms with Crippen LogP contribution in [0.3, 0.4) is 0 Å². The number of hydrogen-bond donors (Lipinski definition) is 0. The minimum Gasteiger partial charge on any atom is -0.491 e. The Balaban J connectivity index is 1.74. The number of ether oxygens (including phenoxy) is 1. The van der Waals surface area contributed by atoms with Gasteiger partial charge in [0.2, 0.25) is 0 Å². The van der Waals surface area contributed by atoms with E-state index in [0.29, 0.717) is 12.2 Å². The predicted octanol–water partition coefficient (Wildman–Crippen LogP) is 7.95. The maximum atomic E-state index is 13.8. The number of benzene rings is 1. The Morgan fingerprint density at radius 3 is 2.21 bits per heavy atom. The summed E-state index contributed by atoms with van der Waals surface area (Å²) in [5.41, 5.74) is 3.33. The quantitative estimate of drug-likeness (QED) is 0.283. The highest BCUT2D eigenvalue weighted by Gasteiger charge is 2.07. The van der Waals surface area contributed by atoms with E-state index < -0.39 is 6.17 Å². The fourth-order valence-corrected chi connectivity index (χ4v) is 3.46. The molecule has 0 spiro atoms. The zero-order chi connectivity index (χ0) is 20.7. The van der Waals surface area contributed by atoms with Crippen LogP contribution in [0, 0.1) is 0 Å². The van der Waals surface area contributed by atoms with E-state index in [4.69, 9.17) is 4.74 Å². The normalized spacial score (nSPS) is 12.1. The third-order valence-electron chi connectivity index (χ3n) is 5.35. The van der Waals surface area contributed by atoms with Crippen molar-refractivity contribution >= 4 is 0 Å². The van der Waals surface area contributed by atoms with Crippen LogP contribution in [0.1, 0.15) is 83.6 Å². The van der Waals surface area contributed by atoms with E-state index in [1.54, 1.807) is 0 Å².